The predicted molar refractivity (Wildman–Crippen MR) is 115 cm³/mol. The van der Waals surface area contributed by atoms with Crippen LogP contribution >= 0.6 is 27.5 Å². The number of pyridine rings is 1. The summed E-state index contributed by atoms with van der Waals surface area (Å²) in [7, 11) is 0. The summed E-state index contributed by atoms with van der Waals surface area (Å²) in [6.45, 7) is 4.20. The van der Waals surface area contributed by atoms with Crippen LogP contribution in [0.1, 0.15) is 11.1 Å². The molecule has 0 unspecified atom stereocenters. The molecular formula is C22H17BrClN3. The number of aryl methyl sites for hydroxylation is 1. The van der Waals surface area contributed by atoms with Crippen LogP contribution in [0.4, 0.5) is 0 Å². The van der Waals surface area contributed by atoms with E-state index in [-0.39, 0.29) is 0 Å². The Morgan fingerprint density at radius 2 is 1.59 bits per heavy atom. The highest BCUT2D eigenvalue weighted by atomic mass is 79.9. The number of hydrogen-bond donors (Lipinski definition) is 1. The lowest BCUT2D eigenvalue weighted by Crippen LogP contribution is -1.91. The van der Waals surface area contributed by atoms with Gasteiger partial charge in [0, 0.05) is 38.6 Å². The van der Waals surface area contributed by atoms with Gasteiger partial charge in [0.05, 0.1) is 11.4 Å². The number of aromatic amines is 1. The number of imidazole rings is 1. The lowest BCUT2D eigenvalue weighted by Gasteiger charge is -2.09. The fraction of sp³-hybridized carbons (Fsp3) is 0.0909. The predicted octanol–water partition coefficient (Wildman–Crippen LogP) is 6.84. The molecule has 134 valence electrons. The average Bonchev–Trinajstić information content (AvgIpc) is 3.11. The number of H-pyrrole nitrogens is 1. The molecule has 0 aliphatic heterocycles. The maximum absolute atomic E-state index is 6.08. The quantitative estimate of drug-likeness (QED) is 0.380. The van der Waals surface area contributed by atoms with Crippen LogP contribution in [0.25, 0.3) is 33.9 Å². The smallest absolute Gasteiger partial charge is 0.139 e. The Kier molecular flexibility index (Phi) is 4.85. The Morgan fingerprint density at radius 1 is 0.889 bits per heavy atom. The Balaban J connectivity index is 1.96. The molecule has 0 atom stereocenters. The van der Waals surface area contributed by atoms with Crippen LogP contribution in [0.3, 0.4) is 0 Å². The van der Waals surface area contributed by atoms with Gasteiger partial charge < -0.3 is 4.98 Å². The molecule has 3 nitrogen and oxygen atoms in total. The first-order chi connectivity index (χ1) is 13.0. The van der Waals surface area contributed by atoms with Crippen LogP contribution in [0.15, 0.2) is 65.4 Å². The van der Waals surface area contributed by atoms with E-state index in [0.717, 1.165) is 43.9 Å². The van der Waals surface area contributed by atoms with Crippen molar-refractivity contribution in [1.82, 2.24) is 15.0 Å². The van der Waals surface area contributed by atoms with Gasteiger partial charge in [-0.05, 0) is 55.3 Å². The zero-order valence-corrected chi connectivity index (χ0v) is 17.3. The van der Waals surface area contributed by atoms with E-state index in [4.69, 9.17) is 16.6 Å². The lowest BCUT2D eigenvalue weighted by atomic mass is 10.0. The summed E-state index contributed by atoms with van der Waals surface area (Å²) in [6, 6.07) is 15.9. The molecule has 4 aromatic rings. The summed E-state index contributed by atoms with van der Waals surface area (Å²) in [4.78, 5) is 12.6. The summed E-state index contributed by atoms with van der Waals surface area (Å²) >= 11 is 9.71. The van der Waals surface area contributed by atoms with Crippen LogP contribution in [0, 0.1) is 13.8 Å². The molecule has 2 heterocycles. The van der Waals surface area contributed by atoms with Gasteiger partial charge in [0.1, 0.15) is 5.82 Å². The molecule has 0 saturated heterocycles. The van der Waals surface area contributed by atoms with Crippen molar-refractivity contribution < 1.29 is 0 Å². The third-order valence-corrected chi connectivity index (χ3v) is 5.75. The molecular weight excluding hydrogens is 422 g/mol. The first-order valence-corrected chi connectivity index (χ1v) is 9.74. The molecule has 0 bridgehead atoms. The normalized spacial score (nSPS) is 11.0. The van der Waals surface area contributed by atoms with Crippen LogP contribution in [-0.2, 0) is 0 Å². The topological polar surface area (TPSA) is 41.6 Å². The van der Waals surface area contributed by atoms with E-state index in [0.29, 0.717) is 5.02 Å². The molecule has 2 aromatic carbocycles. The summed E-state index contributed by atoms with van der Waals surface area (Å²) in [5.74, 6) is 0.850. The van der Waals surface area contributed by atoms with E-state index in [1.54, 1.807) is 12.4 Å². The highest BCUT2D eigenvalue weighted by Crippen LogP contribution is 2.36. The molecule has 0 radical (unpaired) electrons. The van der Waals surface area contributed by atoms with Crippen molar-refractivity contribution in [2.24, 2.45) is 0 Å². The second-order valence-electron chi connectivity index (χ2n) is 6.42. The van der Waals surface area contributed by atoms with Crippen molar-refractivity contribution >= 4 is 27.5 Å². The number of halogens is 2. The van der Waals surface area contributed by atoms with Crippen LogP contribution < -0.4 is 0 Å². The highest BCUT2D eigenvalue weighted by molar-refractivity contribution is 9.10. The Morgan fingerprint density at radius 3 is 2.30 bits per heavy atom. The Labute approximate surface area is 171 Å². The molecule has 0 aliphatic rings. The third kappa shape index (κ3) is 3.43. The molecule has 0 spiro atoms. The molecule has 0 aliphatic carbocycles. The van der Waals surface area contributed by atoms with Crippen molar-refractivity contribution in [1.29, 1.82) is 0 Å². The van der Waals surface area contributed by atoms with Gasteiger partial charge in [-0.1, -0.05) is 45.7 Å². The first-order valence-electron chi connectivity index (χ1n) is 8.57. The van der Waals surface area contributed by atoms with Gasteiger partial charge in [-0.15, -0.1) is 0 Å². The number of nitrogens with zero attached hydrogens (tertiary/aromatic N) is 2. The standard InChI is InChI=1S/C22H17BrClN3/c1-13-3-8-18(23)14(2)19(13)22-26-20(15-4-6-17(24)7-5-15)21(27-22)16-9-11-25-12-10-16/h3-12H,1-2H3,(H,26,27). The summed E-state index contributed by atoms with van der Waals surface area (Å²) in [5, 5.41) is 0.711. The number of benzene rings is 2. The molecule has 0 fully saturated rings. The van der Waals surface area contributed by atoms with Gasteiger partial charge in [-0.25, -0.2) is 4.98 Å². The van der Waals surface area contributed by atoms with Gasteiger partial charge in [-0.3, -0.25) is 4.98 Å². The second kappa shape index (κ2) is 7.29. The zero-order valence-electron chi connectivity index (χ0n) is 14.9. The average molecular weight is 439 g/mol. The minimum absolute atomic E-state index is 0.711. The zero-order chi connectivity index (χ0) is 19.0. The van der Waals surface area contributed by atoms with E-state index in [1.807, 2.05) is 36.4 Å². The molecule has 1 N–H and O–H groups in total. The maximum Gasteiger partial charge on any atom is 0.139 e. The van der Waals surface area contributed by atoms with Gasteiger partial charge in [0.2, 0.25) is 0 Å². The van der Waals surface area contributed by atoms with Crippen molar-refractivity contribution in [2.45, 2.75) is 13.8 Å². The summed E-state index contributed by atoms with van der Waals surface area (Å²) in [6.07, 6.45) is 3.57. The number of rotatable bonds is 3. The summed E-state index contributed by atoms with van der Waals surface area (Å²) in [5.41, 5.74) is 7.36. The van der Waals surface area contributed by atoms with Crippen LogP contribution in [0.5, 0.6) is 0 Å². The SMILES string of the molecule is Cc1ccc(Br)c(C)c1-c1nc(-c2ccncc2)c(-c2ccc(Cl)cc2)[nH]1. The van der Waals surface area contributed by atoms with Gasteiger partial charge in [0.25, 0.3) is 0 Å². The molecule has 4 rings (SSSR count). The number of nitrogens with one attached hydrogen (secondary N) is 1. The Bertz CT molecular complexity index is 1100. The van der Waals surface area contributed by atoms with Crippen molar-refractivity contribution in [3.63, 3.8) is 0 Å². The molecule has 2 aromatic heterocycles. The second-order valence-corrected chi connectivity index (χ2v) is 7.71. The van der Waals surface area contributed by atoms with E-state index < -0.39 is 0 Å². The van der Waals surface area contributed by atoms with E-state index in [1.165, 1.54) is 5.56 Å². The lowest BCUT2D eigenvalue weighted by molar-refractivity contribution is 1.25. The van der Waals surface area contributed by atoms with Crippen LogP contribution in [-0.4, -0.2) is 15.0 Å². The molecule has 27 heavy (non-hydrogen) atoms. The third-order valence-electron chi connectivity index (χ3n) is 4.63. The minimum atomic E-state index is 0.711. The van der Waals surface area contributed by atoms with Crippen LogP contribution in [0.2, 0.25) is 5.02 Å². The minimum Gasteiger partial charge on any atom is -0.337 e. The van der Waals surface area contributed by atoms with Gasteiger partial charge >= 0.3 is 0 Å². The largest absolute Gasteiger partial charge is 0.337 e. The fourth-order valence-electron chi connectivity index (χ4n) is 3.22. The van der Waals surface area contributed by atoms with Crippen molar-refractivity contribution in [2.75, 3.05) is 0 Å². The summed E-state index contributed by atoms with van der Waals surface area (Å²) < 4.78 is 1.07. The van der Waals surface area contributed by atoms with Crippen molar-refractivity contribution in [3.8, 4) is 33.9 Å². The Hall–Kier alpha value is -2.43. The number of aromatic nitrogens is 3. The molecule has 5 heteroatoms. The van der Waals surface area contributed by atoms with E-state index in [9.17, 15) is 0 Å². The first kappa shape index (κ1) is 18.0. The fourth-order valence-corrected chi connectivity index (χ4v) is 3.68. The van der Waals surface area contributed by atoms with E-state index >= 15 is 0 Å². The highest BCUT2D eigenvalue weighted by Gasteiger charge is 2.18. The monoisotopic (exact) mass is 437 g/mol. The van der Waals surface area contributed by atoms with E-state index in [2.05, 4.69) is 51.9 Å². The van der Waals surface area contributed by atoms with Gasteiger partial charge in [-0.2, -0.15) is 0 Å². The number of hydrogen-bond acceptors (Lipinski definition) is 2. The molecule has 0 saturated carbocycles. The maximum atomic E-state index is 6.08. The molecule has 0 amide bonds. The van der Waals surface area contributed by atoms with Gasteiger partial charge in [0.15, 0.2) is 0 Å². The van der Waals surface area contributed by atoms with Crippen molar-refractivity contribution in [3.05, 3.63) is 81.5 Å².